The van der Waals surface area contributed by atoms with Gasteiger partial charge < -0.3 is 5.73 Å². The number of hydrogen-bond donors (Lipinski definition) is 1. The van der Waals surface area contributed by atoms with E-state index in [2.05, 4.69) is 15.9 Å². The molecule has 1 aromatic heterocycles. The molecule has 2 N–H and O–H groups in total. The van der Waals surface area contributed by atoms with Crippen molar-refractivity contribution in [1.29, 1.82) is 0 Å². The van der Waals surface area contributed by atoms with Gasteiger partial charge in [0.15, 0.2) is 0 Å². The van der Waals surface area contributed by atoms with Gasteiger partial charge in [0.2, 0.25) is 0 Å². The van der Waals surface area contributed by atoms with E-state index in [-0.39, 0.29) is 6.04 Å². The van der Waals surface area contributed by atoms with E-state index in [1.807, 2.05) is 37.3 Å². The number of thiophene rings is 1. The van der Waals surface area contributed by atoms with Crippen LogP contribution in [0.25, 0.3) is 0 Å². The quantitative estimate of drug-likeness (QED) is 0.866. The highest BCUT2D eigenvalue weighted by molar-refractivity contribution is 9.11. The molecule has 2 aromatic rings. The minimum absolute atomic E-state index is 0.149. The van der Waals surface area contributed by atoms with Crippen molar-refractivity contribution in [2.45, 2.75) is 13.0 Å². The SMILES string of the molecule is Cc1ccc(C(N)c2ccc(Br)s2)c(Cl)c1. The van der Waals surface area contributed by atoms with Crippen LogP contribution in [-0.2, 0) is 0 Å². The van der Waals surface area contributed by atoms with Gasteiger partial charge in [0.25, 0.3) is 0 Å². The van der Waals surface area contributed by atoms with Crippen LogP contribution in [-0.4, -0.2) is 0 Å². The second-order valence-electron chi connectivity index (χ2n) is 3.64. The summed E-state index contributed by atoms with van der Waals surface area (Å²) in [5.41, 5.74) is 8.31. The largest absolute Gasteiger partial charge is 0.320 e. The molecule has 0 aliphatic carbocycles. The van der Waals surface area contributed by atoms with E-state index < -0.39 is 0 Å². The Morgan fingerprint density at radius 2 is 2.06 bits per heavy atom. The lowest BCUT2D eigenvalue weighted by Gasteiger charge is -2.12. The first-order valence-corrected chi connectivity index (χ1v) is 6.83. The number of aryl methyl sites for hydroxylation is 1. The van der Waals surface area contributed by atoms with Crippen LogP contribution in [0, 0.1) is 6.92 Å². The highest BCUT2D eigenvalue weighted by Crippen LogP contribution is 2.32. The zero-order chi connectivity index (χ0) is 11.7. The summed E-state index contributed by atoms with van der Waals surface area (Å²) in [5.74, 6) is 0. The van der Waals surface area contributed by atoms with E-state index >= 15 is 0 Å². The monoisotopic (exact) mass is 315 g/mol. The van der Waals surface area contributed by atoms with Crippen LogP contribution in [0.4, 0.5) is 0 Å². The Balaban J connectivity index is 2.37. The van der Waals surface area contributed by atoms with Crippen LogP contribution in [0.1, 0.15) is 22.0 Å². The molecule has 1 nitrogen and oxygen atoms in total. The molecule has 0 bridgehead atoms. The molecule has 0 radical (unpaired) electrons. The standard InChI is InChI=1S/C12H11BrClNS/c1-7-2-3-8(9(14)6-7)12(15)10-4-5-11(13)16-10/h2-6,12H,15H2,1H3. The minimum atomic E-state index is -0.149. The molecule has 1 aromatic carbocycles. The molecule has 0 aliphatic rings. The summed E-state index contributed by atoms with van der Waals surface area (Å²) in [6.07, 6.45) is 0. The molecule has 0 amide bonds. The lowest BCUT2D eigenvalue weighted by molar-refractivity contribution is 0.893. The van der Waals surface area contributed by atoms with Crippen LogP contribution >= 0.6 is 38.9 Å². The van der Waals surface area contributed by atoms with Crippen molar-refractivity contribution in [3.05, 3.63) is 55.1 Å². The maximum absolute atomic E-state index is 6.19. The summed E-state index contributed by atoms with van der Waals surface area (Å²) in [7, 11) is 0. The van der Waals surface area contributed by atoms with Gasteiger partial charge in [-0.2, -0.15) is 0 Å². The van der Waals surface area contributed by atoms with Crippen molar-refractivity contribution < 1.29 is 0 Å². The zero-order valence-corrected chi connectivity index (χ0v) is 11.9. The van der Waals surface area contributed by atoms with Gasteiger partial charge in [-0.3, -0.25) is 0 Å². The Labute approximate surface area is 112 Å². The Bertz CT molecular complexity index is 509. The lowest BCUT2D eigenvalue weighted by Crippen LogP contribution is -2.10. The molecular formula is C12H11BrClNS. The van der Waals surface area contributed by atoms with Gasteiger partial charge in [-0.15, -0.1) is 11.3 Å². The third-order valence-corrected chi connectivity index (χ3v) is 4.43. The van der Waals surface area contributed by atoms with Gasteiger partial charge in [-0.1, -0.05) is 23.7 Å². The van der Waals surface area contributed by atoms with Crippen LogP contribution in [0.5, 0.6) is 0 Å². The topological polar surface area (TPSA) is 26.0 Å². The van der Waals surface area contributed by atoms with Crippen molar-refractivity contribution in [1.82, 2.24) is 0 Å². The lowest BCUT2D eigenvalue weighted by atomic mass is 10.0. The number of nitrogens with two attached hydrogens (primary N) is 1. The molecule has 4 heteroatoms. The first-order valence-electron chi connectivity index (χ1n) is 4.85. The summed E-state index contributed by atoms with van der Waals surface area (Å²) in [5, 5.41) is 0.733. The van der Waals surface area contributed by atoms with E-state index in [9.17, 15) is 0 Å². The summed E-state index contributed by atoms with van der Waals surface area (Å²) in [6.45, 7) is 2.02. The van der Waals surface area contributed by atoms with Crippen molar-refractivity contribution in [3.63, 3.8) is 0 Å². The van der Waals surface area contributed by atoms with E-state index in [1.54, 1.807) is 11.3 Å². The average molecular weight is 317 g/mol. The maximum atomic E-state index is 6.19. The molecule has 0 aliphatic heterocycles. The number of hydrogen-bond acceptors (Lipinski definition) is 2. The summed E-state index contributed by atoms with van der Waals surface area (Å²) in [4.78, 5) is 1.11. The van der Waals surface area contributed by atoms with Gasteiger partial charge in [-0.25, -0.2) is 0 Å². The number of benzene rings is 1. The number of rotatable bonds is 2. The maximum Gasteiger partial charge on any atom is 0.0702 e. The molecule has 16 heavy (non-hydrogen) atoms. The van der Waals surface area contributed by atoms with Gasteiger partial charge in [0, 0.05) is 9.90 Å². The fourth-order valence-electron chi connectivity index (χ4n) is 1.53. The van der Waals surface area contributed by atoms with Crippen LogP contribution < -0.4 is 5.73 Å². The molecule has 1 atom stereocenters. The molecule has 2 rings (SSSR count). The number of halogens is 2. The zero-order valence-electron chi connectivity index (χ0n) is 8.71. The van der Waals surface area contributed by atoms with E-state index in [0.717, 1.165) is 24.8 Å². The molecule has 0 fully saturated rings. The van der Waals surface area contributed by atoms with Crippen LogP contribution in [0.15, 0.2) is 34.1 Å². The van der Waals surface area contributed by atoms with E-state index in [0.29, 0.717) is 0 Å². The van der Waals surface area contributed by atoms with Crippen LogP contribution in [0.3, 0.4) is 0 Å². The predicted octanol–water partition coefficient (Wildman–Crippen LogP) is 4.52. The minimum Gasteiger partial charge on any atom is -0.320 e. The summed E-state index contributed by atoms with van der Waals surface area (Å²) < 4.78 is 1.08. The summed E-state index contributed by atoms with van der Waals surface area (Å²) in [6, 6.07) is 9.85. The third kappa shape index (κ3) is 2.48. The predicted molar refractivity (Wildman–Crippen MR) is 74.2 cm³/mol. The first kappa shape index (κ1) is 12.1. The Morgan fingerprint density at radius 1 is 1.31 bits per heavy atom. The van der Waals surface area contributed by atoms with E-state index in [4.69, 9.17) is 17.3 Å². The smallest absolute Gasteiger partial charge is 0.0702 e. The first-order chi connectivity index (χ1) is 7.58. The van der Waals surface area contributed by atoms with Crippen LogP contribution in [0.2, 0.25) is 5.02 Å². The average Bonchev–Trinajstić information content (AvgIpc) is 2.64. The van der Waals surface area contributed by atoms with Crippen molar-refractivity contribution in [2.24, 2.45) is 5.73 Å². The Hall–Kier alpha value is -0.350. The summed E-state index contributed by atoms with van der Waals surface area (Å²) >= 11 is 11.3. The molecule has 1 heterocycles. The highest BCUT2D eigenvalue weighted by Gasteiger charge is 2.14. The third-order valence-electron chi connectivity index (χ3n) is 2.39. The second-order valence-corrected chi connectivity index (χ2v) is 6.55. The molecule has 1 unspecified atom stereocenters. The van der Waals surface area contributed by atoms with Gasteiger partial charge in [0.05, 0.1) is 9.83 Å². The van der Waals surface area contributed by atoms with Crippen molar-refractivity contribution >= 4 is 38.9 Å². The fourth-order valence-corrected chi connectivity index (χ4v) is 3.33. The van der Waals surface area contributed by atoms with Gasteiger partial charge in [-0.05, 0) is 52.2 Å². The Morgan fingerprint density at radius 3 is 2.62 bits per heavy atom. The fraction of sp³-hybridized carbons (Fsp3) is 0.167. The van der Waals surface area contributed by atoms with E-state index in [1.165, 1.54) is 0 Å². The molecular weight excluding hydrogens is 306 g/mol. The molecule has 0 saturated carbocycles. The van der Waals surface area contributed by atoms with Gasteiger partial charge >= 0.3 is 0 Å². The van der Waals surface area contributed by atoms with Gasteiger partial charge in [0.1, 0.15) is 0 Å². The van der Waals surface area contributed by atoms with Crippen molar-refractivity contribution in [2.75, 3.05) is 0 Å². The Kier molecular flexibility index (Phi) is 3.70. The normalized spacial score (nSPS) is 12.8. The second kappa shape index (κ2) is 4.88. The molecule has 0 spiro atoms. The molecule has 0 saturated heterocycles. The molecule has 84 valence electrons. The highest BCUT2D eigenvalue weighted by atomic mass is 79.9. The van der Waals surface area contributed by atoms with Crippen molar-refractivity contribution in [3.8, 4) is 0 Å².